The third kappa shape index (κ3) is 15.0. The molecule has 0 spiro atoms. The minimum Gasteiger partial charge on any atom is -0.464 e. The maximum atomic E-state index is 11.4. The third-order valence-electron chi connectivity index (χ3n) is 2.77. The lowest BCUT2D eigenvalue weighted by Gasteiger charge is -2.17. The lowest BCUT2D eigenvalue weighted by molar-refractivity contribution is -0.142. The van der Waals surface area contributed by atoms with E-state index in [1.54, 1.807) is 0 Å². The summed E-state index contributed by atoms with van der Waals surface area (Å²) in [5.74, 6) is -0.420. The van der Waals surface area contributed by atoms with E-state index in [0.717, 1.165) is 12.8 Å². The Labute approximate surface area is 128 Å². The van der Waals surface area contributed by atoms with Gasteiger partial charge in [-0.15, -0.1) is 0 Å². The molecule has 5 heteroatoms. The number of amides is 1. The molecule has 0 rings (SSSR count). The van der Waals surface area contributed by atoms with E-state index in [-0.39, 0.29) is 12.0 Å². The molecule has 0 bridgehead atoms. The van der Waals surface area contributed by atoms with Crippen LogP contribution in [0.4, 0.5) is 4.79 Å². The molecule has 0 atom stereocenters. The Morgan fingerprint density at radius 1 is 0.952 bits per heavy atom. The minimum absolute atomic E-state index is 0.0877. The first-order chi connectivity index (χ1) is 9.85. The third-order valence-corrected chi connectivity index (χ3v) is 2.77. The van der Waals surface area contributed by atoms with Gasteiger partial charge >= 0.3 is 12.1 Å². The Morgan fingerprint density at radius 3 is 2.19 bits per heavy atom. The molecule has 0 saturated heterocycles. The van der Waals surface area contributed by atoms with Crippen molar-refractivity contribution in [3.8, 4) is 0 Å². The second-order valence-electron chi connectivity index (χ2n) is 6.48. The van der Waals surface area contributed by atoms with Crippen molar-refractivity contribution in [2.24, 2.45) is 5.41 Å². The van der Waals surface area contributed by atoms with Crippen molar-refractivity contribution in [1.29, 1.82) is 0 Å². The van der Waals surface area contributed by atoms with Crippen LogP contribution in [0.2, 0.25) is 0 Å². The van der Waals surface area contributed by atoms with Crippen molar-refractivity contribution in [3.05, 3.63) is 0 Å². The molecule has 1 amide bonds. The van der Waals surface area contributed by atoms with Crippen LogP contribution in [0.15, 0.2) is 0 Å². The largest absolute Gasteiger partial charge is 0.464 e. The van der Waals surface area contributed by atoms with Gasteiger partial charge in [0, 0.05) is 0 Å². The van der Waals surface area contributed by atoms with Crippen molar-refractivity contribution in [1.82, 2.24) is 5.32 Å². The van der Waals surface area contributed by atoms with Crippen molar-refractivity contribution >= 4 is 12.1 Å². The first kappa shape index (κ1) is 19.7. The number of alkyl carbamates (subject to hydrolysis) is 1. The van der Waals surface area contributed by atoms with Gasteiger partial charge < -0.3 is 14.8 Å². The van der Waals surface area contributed by atoms with Crippen LogP contribution in [-0.4, -0.2) is 31.8 Å². The number of hydrogen-bond acceptors (Lipinski definition) is 4. The summed E-state index contributed by atoms with van der Waals surface area (Å²) in [6.07, 6.45) is 6.29. The summed E-state index contributed by atoms with van der Waals surface area (Å²) < 4.78 is 10.0. The van der Waals surface area contributed by atoms with Crippen LogP contribution in [0, 0.1) is 5.41 Å². The first-order valence-corrected chi connectivity index (χ1v) is 7.91. The molecule has 124 valence electrons. The molecule has 0 aliphatic carbocycles. The van der Waals surface area contributed by atoms with Gasteiger partial charge in [-0.2, -0.15) is 0 Å². The molecular weight excluding hydrogens is 270 g/mol. The molecule has 0 aromatic carbocycles. The highest BCUT2D eigenvalue weighted by Crippen LogP contribution is 2.12. The molecule has 21 heavy (non-hydrogen) atoms. The number of rotatable bonds is 10. The maximum absolute atomic E-state index is 11.4. The fourth-order valence-electron chi connectivity index (χ4n) is 1.60. The summed E-state index contributed by atoms with van der Waals surface area (Å²) in [7, 11) is 0. The summed E-state index contributed by atoms with van der Waals surface area (Å²) in [4.78, 5) is 22.7. The topological polar surface area (TPSA) is 64.6 Å². The molecule has 0 fully saturated rings. The Morgan fingerprint density at radius 2 is 1.57 bits per heavy atom. The van der Waals surface area contributed by atoms with Crippen molar-refractivity contribution in [3.63, 3.8) is 0 Å². The van der Waals surface area contributed by atoms with Crippen LogP contribution in [0.3, 0.4) is 0 Å². The highest BCUT2D eigenvalue weighted by atomic mass is 16.6. The summed E-state index contributed by atoms with van der Waals surface area (Å²) in [5.41, 5.74) is -0.0877. The molecule has 0 aliphatic heterocycles. The average molecular weight is 301 g/mol. The second kappa shape index (κ2) is 11.4. The van der Waals surface area contributed by atoms with E-state index < -0.39 is 12.1 Å². The Bertz CT molecular complexity index is 297. The fraction of sp³-hybridized carbons (Fsp3) is 0.875. The average Bonchev–Trinajstić information content (AvgIpc) is 2.41. The number of carbonyl (C=O) groups excluding carboxylic acids is 2. The van der Waals surface area contributed by atoms with E-state index in [1.807, 2.05) is 20.8 Å². The van der Waals surface area contributed by atoms with Crippen LogP contribution >= 0.6 is 0 Å². The second-order valence-corrected chi connectivity index (χ2v) is 6.48. The van der Waals surface area contributed by atoms with Crippen molar-refractivity contribution in [2.75, 3.05) is 19.8 Å². The summed E-state index contributed by atoms with van der Waals surface area (Å²) in [6, 6.07) is 0. The zero-order valence-corrected chi connectivity index (χ0v) is 14.0. The standard InChI is InChI=1S/C16H31NO4/c1-5-6-7-8-9-10-11-20-14(18)12-17-15(19)21-13-16(2,3)4/h5-13H2,1-4H3,(H,17,19). The first-order valence-electron chi connectivity index (χ1n) is 7.91. The fourth-order valence-corrected chi connectivity index (χ4v) is 1.60. The van der Waals surface area contributed by atoms with Gasteiger partial charge in [0.05, 0.1) is 13.2 Å². The zero-order valence-electron chi connectivity index (χ0n) is 14.0. The number of esters is 1. The number of carbonyl (C=O) groups is 2. The Balaban J connectivity index is 3.47. The van der Waals surface area contributed by atoms with Gasteiger partial charge in [-0.25, -0.2) is 4.79 Å². The van der Waals surface area contributed by atoms with Gasteiger partial charge in [0.15, 0.2) is 0 Å². The summed E-state index contributed by atoms with van der Waals surface area (Å²) in [6.45, 7) is 8.68. The van der Waals surface area contributed by atoms with Crippen LogP contribution in [-0.2, 0) is 14.3 Å². The van der Waals surface area contributed by atoms with Crippen molar-refractivity contribution in [2.45, 2.75) is 66.2 Å². The Kier molecular flexibility index (Phi) is 10.7. The van der Waals surface area contributed by atoms with Crippen LogP contribution in [0.25, 0.3) is 0 Å². The molecule has 0 radical (unpaired) electrons. The molecular formula is C16H31NO4. The SMILES string of the molecule is CCCCCCCCOC(=O)CNC(=O)OCC(C)(C)C. The van der Waals surface area contributed by atoms with Crippen LogP contribution in [0.1, 0.15) is 66.2 Å². The number of unbranched alkanes of at least 4 members (excludes halogenated alkanes) is 5. The lowest BCUT2D eigenvalue weighted by Crippen LogP contribution is -2.33. The summed E-state index contributed by atoms with van der Waals surface area (Å²) >= 11 is 0. The van der Waals surface area contributed by atoms with Gasteiger partial charge in [-0.1, -0.05) is 59.8 Å². The highest BCUT2D eigenvalue weighted by Gasteiger charge is 2.14. The highest BCUT2D eigenvalue weighted by molar-refractivity contribution is 5.77. The molecule has 1 N–H and O–H groups in total. The van der Waals surface area contributed by atoms with Gasteiger partial charge in [-0.05, 0) is 11.8 Å². The molecule has 0 aromatic rings. The molecule has 0 aliphatic rings. The molecule has 0 aromatic heterocycles. The predicted octanol–water partition coefficient (Wildman–Crippen LogP) is 3.66. The molecule has 5 nitrogen and oxygen atoms in total. The molecule has 0 unspecified atom stereocenters. The smallest absolute Gasteiger partial charge is 0.407 e. The number of hydrogen-bond donors (Lipinski definition) is 1. The number of nitrogens with one attached hydrogen (secondary N) is 1. The van der Waals surface area contributed by atoms with E-state index in [4.69, 9.17) is 9.47 Å². The Hall–Kier alpha value is -1.26. The van der Waals surface area contributed by atoms with E-state index in [9.17, 15) is 9.59 Å². The molecule has 0 heterocycles. The lowest BCUT2D eigenvalue weighted by atomic mass is 9.99. The number of ether oxygens (including phenoxy) is 2. The van der Waals surface area contributed by atoms with E-state index in [0.29, 0.717) is 13.2 Å². The van der Waals surface area contributed by atoms with Gasteiger partial charge in [0.25, 0.3) is 0 Å². The van der Waals surface area contributed by atoms with Crippen LogP contribution < -0.4 is 5.32 Å². The van der Waals surface area contributed by atoms with E-state index in [2.05, 4.69) is 12.2 Å². The monoisotopic (exact) mass is 301 g/mol. The summed E-state index contributed by atoms with van der Waals surface area (Å²) in [5, 5.41) is 2.39. The molecule has 0 saturated carbocycles. The predicted molar refractivity (Wildman–Crippen MR) is 83.1 cm³/mol. The zero-order chi connectivity index (χ0) is 16.1. The normalized spacial score (nSPS) is 11.0. The van der Waals surface area contributed by atoms with Gasteiger partial charge in [0.1, 0.15) is 6.54 Å². The van der Waals surface area contributed by atoms with Gasteiger partial charge in [-0.3, -0.25) is 4.79 Å². The van der Waals surface area contributed by atoms with E-state index >= 15 is 0 Å². The van der Waals surface area contributed by atoms with Crippen LogP contribution in [0.5, 0.6) is 0 Å². The quantitative estimate of drug-likeness (QED) is 0.494. The maximum Gasteiger partial charge on any atom is 0.407 e. The van der Waals surface area contributed by atoms with Gasteiger partial charge in [0.2, 0.25) is 0 Å². The van der Waals surface area contributed by atoms with E-state index in [1.165, 1.54) is 25.7 Å². The minimum atomic E-state index is -0.582. The van der Waals surface area contributed by atoms with Crippen molar-refractivity contribution < 1.29 is 19.1 Å².